The molecule has 0 saturated carbocycles. The Morgan fingerprint density at radius 3 is 2.07 bits per heavy atom. The van der Waals surface area contributed by atoms with Gasteiger partial charge in [0.1, 0.15) is 61.2 Å². The molecule has 43 heavy (non-hydrogen) atoms. The quantitative estimate of drug-likeness (QED) is 0.0745. The number of carbonyl (C=O) groups excluding carboxylic acids is 2. The first-order chi connectivity index (χ1) is 20.0. The summed E-state index contributed by atoms with van der Waals surface area (Å²) in [6, 6.07) is -5.59. The van der Waals surface area contributed by atoms with Crippen LogP contribution in [0.1, 0.15) is 6.42 Å². The molecular formula is C22H41N5O16. The Morgan fingerprint density at radius 1 is 1.02 bits per heavy atom. The average molecular weight is 632 g/mol. The van der Waals surface area contributed by atoms with Gasteiger partial charge >= 0.3 is 5.97 Å². The van der Waals surface area contributed by atoms with Crippen molar-refractivity contribution in [1.82, 2.24) is 0 Å². The Hall–Kier alpha value is -2.03. The summed E-state index contributed by atoms with van der Waals surface area (Å²) in [6.45, 7) is -3.14. The van der Waals surface area contributed by atoms with Crippen LogP contribution in [0.4, 0.5) is 0 Å². The lowest BCUT2D eigenvalue weighted by Gasteiger charge is -2.57. The summed E-state index contributed by atoms with van der Waals surface area (Å²) in [5.74, 6) is -6.69. The molecule has 21 heteroatoms. The second-order valence-electron chi connectivity index (χ2n) is 10.4. The van der Waals surface area contributed by atoms with Crippen LogP contribution in [0.3, 0.4) is 0 Å². The number of aliphatic hydroxyl groups is 8. The first-order valence-corrected chi connectivity index (χ1v) is 12.9. The lowest BCUT2D eigenvalue weighted by atomic mass is 9.75. The molecule has 2 saturated heterocycles. The molecule has 15 atom stereocenters. The Morgan fingerprint density at radius 2 is 1.60 bits per heavy atom. The van der Waals surface area contributed by atoms with Crippen LogP contribution in [0.25, 0.3) is 0 Å². The van der Waals surface area contributed by atoms with E-state index in [-0.39, 0.29) is 6.29 Å². The van der Waals surface area contributed by atoms with Crippen molar-refractivity contribution in [1.29, 1.82) is 0 Å². The highest BCUT2D eigenvalue weighted by atomic mass is 16.8. The van der Waals surface area contributed by atoms with E-state index in [1.54, 1.807) is 0 Å². The van der Waals surface area contributed by atoms with Crippen LogP contribution in [0.2, 0.25) is 0 Å². The molecule has 19 N–H and O–H groups in total. The number of ether oxygens (including phenoxy) is 4. The molecule has 0 aromatic rings. The number of primary amides is 1. The van der Waals surface area contributed by atoms with Crippen molar-refractivity contribution >= 4 is 18.2 Å². The zero-order valence-corrected chi connectivity index (χ0v) is 22.7. The summed E-state index contributed by atoms with van der Waals surface area (Å²) in [6.07, 6.45) is -20.4. The molecular weight excluding hydrogens is 590 g/mol. The van der Waals surface area contributed by atoms with Crippen LogP contribution in [0.5, 0.6) is 0 Å². The molecule has 2 aliphatic heterocycles. The minimum Gasteiger partial charge on any atom is -0.480 e. The van der Waals surface area contributed by atoms with Gasteiger partial charge in [-0.05, 0) is 0 Å². The second-order valence-corrected chi connectivity index (χ2v) is 10.4. The summed E-state index contributed by atoms with van der Waals surface area (Å²) in [4.78, 5) is 35.8. The summed E-state index contributed by atoms with van der Waals surface area (Å²) in [5.41, 5.74) is 25.8. The highest BCUT2D eigenvalue weighted by molar-refractivity contribution is 5.88. The highest BCUT2D eigenvalue weighted by Gasteiger charge is 2.69. The maximum atomic E-state index is 12.6. The largest absolute Gasteiger partial charge is 0.480 e. The minimum absolute atomic E-state index is 0.0173. The van der Waals surface area contributed by atoms with Crippen molar-refractivity contribution in [2.75, 3.05) is 19.8 Å². The fourth-order valence-electron chi connectivity index (χ4n) is 4.93. The monoisotopic (exact) mass is 631 g/mol. The molecule has 2 heterocycles. The third-order valence-electron chi connectivity index (χ3n) is 7.46. The molecule has 9 unspecified atom stereocenters. The average Bonchev–Trinajstić information content (AvgIpc) is 2.97. The van der Waals surface area contributed by atoms with Crippen LogP contribution in [0.15, 0.2) is 0 Å². The Bertz CT molecular complexity index is 965. The van der Waals surface area contributed by atoms with Crippen molar-refractivity contribution in [2.45, 2.75) is 97.1 Å². The molecule has 21 nitrogen and oxygen atoms in total. The molecule has 0 radical (unpaired) electrons. The number of aliphatic hydroxyl groups excluding tert-OH is 8. The minimum atomic E-state index is -3.23. The van der Waals surface area contributed by atoms with Gasteiger partial charge in [-0.3, -0.25) is 4.79 Å². The lowest BCUT2D eigenvalue weighted by molar-refractivity contribution is -0.391. The zero-order valence-electron chi connectivity index (χ0n) is 22.7. The third kappa shape index (κ3) is 7.12. The first kappa shape index (κ1) is 37.2. The van der Waals surface area contributed by atoms with Crippen LogP contribution in [-0.4, -0.2) is 175 Å². The van der Waals surface area contributed by atoms with E-state index in [0.717, 1.165) is 0 Å². The van der Waals surface area contributed by atoms with Crippen molar-refractivity contribution in [3.63, 3.8) is 0 Å². The van der Waals surface area contributed by atoms with E-state index in [1.807, 2.05) is 0 Å². The number of carboxylic acids is 1. The van der Waals surface area contributed by atoms with Crippen molar-refractivity contribution in [2.24, 2.45) is 28.7 Å². The SMILES string of the molecule is NC(=O)CC(N)(C(=O)O)[C@@]1(OC(C(O)CO)C(O)C(N)C=O)O[C@H](CO)[C@@H](OC2O[C@H](CO)C(O)C(O)C2N)[C@H](O)[C@H]1N. The molecule has 0 aliphatic carbocycles. The van der Waals surface area contributed by atoms with Gasteiger partial charge in [0.25, 0.3) is 0 Å². The molecule has 0 spiro atoms. The van der Waals surface area contributed by atoms with Crippen molar-refractivity contribution < 1.29 is 79.3 Å². The Kier molecular flexibility index (Phi) is 12.8. The fraction of sp³-hybridized carbons (Fsp3) is 0.864. The second kappa shape index (κ2) is 14.8. The van der Waals surface area contributed by atoms with E-state index in [2.05, 4.69) is 0 Å². The summed E-state index contributed by atoms with van der Waals surface area (Å²) in [7, 11) is 0. The van der Waals surface area contributed by atoms with Crippen molar-refractivity contribution in [3.05, 3.63) is 0 Å². The fourth-order valence-corrected chi connectivity index (χ4v) is 4.93. The van der Waals surface area contributed by atoms with E-state index in [1.165, 1.54) is 0 Å². The summed E-state index contributed by atoms with van der Waals surface area (Å²) in [5, 5.41) is 92.0. The van der Waals surface area contributed by atoms with Gasteiger partial charge in [0.15, 0.2) is 11.8 Å². The normalized spacial score (nSPS) is 39.2. The lowest BCUT2D eigenvalue weighted by Crippen LogP contribution is -2.83. The molecule has 250 valence electrons. The maximum Gasteiger partial charge on any atom is 0.329 e. The molecule has 0 aromatic carbocycles. The predicted octanol–water partition coefficient (Wildman–Crippen LogP) is -9.80. The molecule has 2 fully saturated rings. The van der Waals surface area contributed by atoms with Gasteiger partial charge in [0.2, 0.25) is 11.7 Å². The predicted molar refractivity (Wildman–Crippen MR) is 136 cm³/mol. The number of amides is 1. The van der Waals surface area contributed by atoms with E-state index < -0.39 is 129 Å². The third-order valence-corrected chi connectivity index (χ3v) is 7.46. The smallest absolute Gasteiger partial charge is 0.329 e. The number of rotatable bonds is 15. The number of nitrogens with two attached hydrogens (primary N) is 5. The summed E-state index contributed by atoms with van der Waals surface area (Å²) >= 11 is 0. The number of carboxylic acid groups (broad SMARTS) is 1. The van der Waals surface area contributed by atoms with Gasteiger partial charge in [-0.1, -0.05) is 0 Å². The number of hydrogen-bond donors (Lipinski definition) is 14. The maximum absolute atomic E-state index is 12.6. The van der Waals surface area contributed by atoms with Gasteiger partial charge in [0, 0.05) is 0 Å². The number of hydrogen-bond acceptors (Lipinski definition) is 19. The Labute approximate surface area is 243 Å². The van der Waals surface area contributed by atoms with Crippen LogP contribution < -0.4 is 28.7 Å². The number of aliphatic carboxylic acids is 1. The molecule has 0 bridgehead atoms. The molecule has 1 amide bonds. The van der Waals surface area contributed by atoms with Gasteiger partial charge in [-0.2, -0.15) is 0 Å². The standard InChI is InChI=1S/C22H41N5O16/c23-6(2-28)12(34)16(7(32)3-29)43-22(21(27,20(38)39)1-10(24)33)18(26)15(37)17(9(5-31)42-22)41-19-11(25)14(36)13(35)8(4-30)40-19/h2,6-9,11-19,29-32,34-37H,1,3-5,23,25-27H2,(H2,24,33)(H,38,39)/t6?,7?,8-,9-,11?,12?,13?,14?,15+,16?,17-,18-,19?,21?,22-/m1/s1. The highest BCUT2D eigenvalue weighted by Crippen LogP contribution is 2.42. The van der Waals surface area contributed by atoms with E-state index in [0.29, 0.717) is 0 Å². The first-order valence-electron chi connectivity index (χ1n) is 12.9. The number of aldehydes is 1. The van der Waals surface area contributed by atoms with Gasteiger partial charge < -0.3 is 98.4 Å². The number of carbonyl (C=O) groups is 3. The van der Waals surface area contributed by atoms with Crippen LogP contribution >= 0.6 is 0 Å². The Balaban J connectivity index is 2.67. The van der Waals surface area contributed by atoms with Crippen LogP contribution in [-0.2, 0) is 33.3 Å². The van der Waals surface area contributed by atoms with Gasteiger partial charge in [-0.25, -0.2) is 4.79 Å². The summed E-state index contributed by atoms with van der Waals surface area (Å²) < 4.78 is 22.3. The van der Waals surface area contributed by atoms with E-state index >= 15 is 0 Å². The zero-order chi connectivity index (χ0) is 33.0. The van der Waals surface area contributed by atoms with E-state index in [4.69, 9.17) is 47.6 Å². The molecule has 0 aromatic heterocycles. The van der Waals surface area contributed by atoms with Gasteiger partial charge in [0.05, 0.1) is 44.4 Å². The van der Waals surface area contributed by atoms with Gasteiger partial charge in [-0.15, -0.1) is 0 Å². The molecule has 2 rings (SSSR count). The topological polar surface area (TPSA) is 400 Å². The molecule has 2 aliphatic rings. The van der Waals surface area contributed by atoms with E-state index in [9.17, 15) is 60.3 Å². The van der Waals surface area contributed by atoms with Crippen molar-refractivity contribution in [3.8, 4) is 0 Å². The van der Waals surface area contributed by atoms with Crippen LogP contribution in [0, 0.1) is 0 Å².